The maximum atomic E-state index is 12.3. The molecular formula is C16H25NO2. The fraction of sp³-hybridized carbons (Fsp3) is 0.562. The summed E-state index contributed by atoms with van der Waals surface area (Å²) in [4.78, 5) is 12.3. The number of carbonyl (C=O) groups is 1. The van der Waals surface area contributed by atoms with Crippen LogP contribution in [0.25, 0.3) is 0 Å². The van der Waals surface area contributed by atoms with Gasteiger partial charge < -0.3 is 10.5 Å². The van der Waals surface area contributed by atoms with Crippen LogP contribution in [0.2, 0.25) is 0 Å². The lowest BCUT2D eigenvalue weighted by Crippen LogP contribution is -2.44. The average molecular weight is 263 g/mol. The van der Waals surface area contributed by atoms with Gasteiger partial charge in [0, 0.05) is 6.54 Å². The molecule has 0 saturated heterocycles. The summed E-state index contributed by atoms with van der Waals surface area (Å²) in [6.45, 7) is 4.45. The van der Waals surface area contributed by atoms with Gasteiger partial charge in [0.05, 0.1) is 7.11 Å². The molecule has 1 aromatic rings. The number of carbonyl (C=O) groups excluding carboxylic acids is 1. The Hall–Kier alpha value is -1.35. The molecule has 0 saturated carbocycles. The van der Waals surface area contributed by atoms with E-state index in [0.717, 1.165) is 36.8 Å². The first-order valence-electron chi connectivity index (χ1n) is 6.96. The molecule has 1 aromatic carbocycles. The molecule has 0 aliphatic heterocycles. The molecule has 0 aliphatic carbocycles. The Morgan fingerprint density at radius 1 is 1.37 bits per heavy atom. The Morgan fingerprint density at radius 3 is 2.63 bits per heavy atom. The molecule has 0 aromatic heterocycles. The smallest absolute Gasteiger partial charge is 0.317 e. The van der Waals surface area contributed by atoms with Crippen LogP contribution in [0.4, 0.5) is 0 Å². The van der Waals surface area contributed by atoms with Gasteiger partial charge in [-0.25, -0.2) is 0 Å². The Labute approximate surface area is 116 Å². The minimum atomic E-state index is -0.698. The topological polar surface area (TPSA) is 52.3 Å². The normalized spacial score (nSPS) is 13.9. The highest BCUT2D eigenvalue weighted by Gasteiger charge is 2.39. The monoisotopic (exact) mass is 263 g/mol. The van der Waals surface area contributed by atoms with Gasteiger partial charge in [-0.3, -0.25) is 4.79 Å². The molecule has 0 aliphatic rings. The lowest BCUT2D eigenvalue weighted by molar-refractivity contribution is -0.147. The van der Waals surface area contributed by atoms with Gasteiger partial charge in [-0.1, -0.05) is 56.0 Å². The summed E-state index contributed by atoms with van der Waals surface area (Å²) >= 11 is 0. The first kappa shape index (κ1) is 15.7. The zero-order valence-electron chi connectivity index (χ0n) is 12.2. The van der Waals surface area contributed by atoms with E-state index < -0.39 is 5.41 Å². The quantitative estimate of drug-likeness (QED) is 0.608. The van der Waals surface area contributed by atoms with Gasteiger partial charge >= 0.3 is 5.97 Å². The highest BCUT2D eigenvalue weighted by molar-refractivity contribution is 5.83. The van der Waals surface area contributed by atoms with E-state index in [2.05, 4.69) is 6.92 Å². The third-order valence-corrected chi connectivity index (χ3v) is 3.70. The van der Waals surface area contributed by atoms with Crippen molar-refractivity contribution in [2.24, 2.45) is 5.73 Å². The van der Waals surface area contributed by atoms with Gasteiger partial charge in [0.2, 0.25) is 0 Å². The van der Waals surface area contributed by atoms with Crippen LogP contribution in [0.15, 0.2) is 24.3 Å². The maximum absolute atomic E-state index is 12.3. The van der Waals surface area contributed by atoms with E-state index in [0.29, 0.717) is 0 Å². The fourth-order valence-electron chi connectivity index (χ4n) is 2.48. The first-order valence-corrected chi connectivity index (χ1v) is 6.96. The van der Waals surface area contributed by atoms with Crippen molar-refractivity contribution in [3.05, 3.63) is 35.4 Å². The van der Waals surface area contributed by atoms with E-state index in [1.54, 1.807) is 0 Å². The molecule has 19 heavy (non-hydrogen) atoms. The van der Waals surface area contributed by atoms with Crippen molar-refractivity contribution in [1.29, 1.82) is 0 Å². The molecule has 106 valence electrons. The van der Waals surface area contributed by atoms with Crippen molar-refractivity contribution in [3.63, 3.8) is 0 Å². The summed E-state index contributed by atoms with van der Waals surface area (Å²) in [5.41, 5.74) is 7.35. The summed E-state index contributed by atoms with van der Waals surface area (Å²) in [5, 5.41) is 0. The number of hydrogen-bond donors (Lipinski definition) is 1. The highest BCUT2D eigenvalue weighted by atomic mass is 16.5. The minimum Gasteiger partial charge on any atom is -0.468 e. The van der Waals surface area contributed by atoms with Crippen molar-refractivity contribution in [2.45, 2.75) is 44.9 Å². The molecule has 1 unspecified atom stereocenters. The predicted octanol–water partition coefficient (Wildman–Crippen LogP) is 2.94. The van der Waals surface area contributed by atoms with Crippen molar-refractivity contribution < 1.29 is 9.53 Å². The zero-order valence-corrected chi connectivity index (χ0v) is 12.2. The molecule has 0 heterocycles. The highest BCUT2D eigenvalue weighted by Crippen LogP contribution is 2.31. The van der Waals surface area contributed by atoms with E-state index >= 15 is 0 Å². The molecule has 0 radical (unpaired) electrons. The number of unbranched alkanes of at least 4 members (excludes halogenated alkanes) is 2. The van der Waals surface area contributed by atoms with Crippen LogP contribution >= 0.6 is 0 Å². The summed E-state index contributed by atoms with van der Waals surface area (Å²) in [7, 11) is 1.43. The van der Waals surface area contributed by atoms with Crippen LogP contribution in [0.1, 0.15) is 43.7 Å². The van der Waals surface area contributed by atoms with Gasteiger partial charge in [-0.05, 0) is 18.9 Å². The van der Waals surface area contributed by atoms with Crippen LogP contribution in [-0.4, -0.2) is 19.6 Å². The molecule has 1 atom stereocenters. The Bertz CT molecular complexity index is 417. The van der Waals surface area contributed by atoms with Crippen LogP contribution < -0.4 is 5.73 Å². The third-order valence-electron chi connectivity index (χ3n) is 3.70. The second kappa shape index (κ2) is 7.29. The van der Waals surface area contributed by atoms with Gasteiger partial charge in [0.25, 0.3) is 0 Å². The van der Waals surface area contributed by atoms with E-state index in [4.69, 9.17) is 10.5 Å². The number of benzene rings is 1. The van der Waals surface area contributed by atoms with Gasteiger partial charge in [-0.2, -0.15) is 0 Å². The second-order valence-corrected chi connectivity index (χ2v) is 5.10. The molecular weight excluding hydrogens is 238 g/mol. The van der Waals surface area contributed by atoms with Crippen molar-refractivity contribution in [2.75, 3.05) is 13.7 Å². The van der Waals surface area contributed by atoms with Crippen molar-refractivity contribution >= 4 is 5.97 Å². The molecule has 0 amide bonds. The Balaban J connectivity index is 3.12. The molecule has 3 nitrogen and oxygen atoms in total. The van der Waals surface area contributed by atoms with Crippen LogP contribution in [-0.2, 0) is 14.9 Å². The number of nitrogens with two attached hydrogens (primary N) is 1. The number of hydrogen-bond acceptors (Lipinski definition) is 3. The number of rotatable bonds is 7. The molecule has 0 fully saturated rings. The minimum absolute atomic E-state index is 0.225. The molecule has 1 rings (SSSR count). The predicted molar refractivity (Wildman–Crippen MR) is 78.1 cm³/mol. The standard InChI is InChI=1S/C16H25NO2/c1-4-5-6-10-16(12-17,15(18)19-3)14-9-7-8-13(2)11-14/h7-9,11H,4-6,10,12,17H2,1-3H3. The maximum Gasteiger partial charge on any atom is 0.317 e. The average Bonchev–Trinajstić information content (AvgIpc) is 2.43. The van der Waals surface area contributed by atoms with Crippen LogP contribution in [0.3, 0.4) is 0 Å². The summed E-state index contributed by atoms with van der Waals surface area (Å²) in [6.07, 6.45) is 3.95. The molecule has 2 N–H and O–H groups in total. The summed E-state index contributed by atoms with van der Waals surface area (Å²) in [6, 6.07) is 8.00. The second-order valence-electron chi connectivity index (χ2n) is 5.10. The van der Waals surface area contributed by atoms with Gasteiger partial charge in [0.15, 0.2) is 0 Å². The lowest BCUT2D eigenvalue weighted by Gasteiger charge is -2.30. The first-order chi connectivity index (χ1) is 9.10. The number of methoxy groups -OCH3 is 1. The lowest BCUT2D eigenvalue weighted by atomic mass is 9.75. The number of ether oxygens (including phenoxy) is 1. The number of esters is 1. The molecule has 0 bridgehead atoms. The number of aryl methyl sites for hydroxylation is 1. The molecule has 3 heteroatoms. The van der Waals surface area contributed by atoms with Crippen molar-refractivity contribution in [3.8, 4) is 0 Å². The third kappa shape index (κ3) is 3.57. The van der Waals surface area contributed by atoms with Crippen LogP contribution in [0.5, 0.6) is 0 Å². The van der Waals surface area contributed by atoms with E-state index in [1.807, 2.05) is 31.2 Å². The SMILES string of the molecule is CCCCCC(CN)(C(=O)OC)c1cccc(C)c1. The van der Waals surface area contributed by atoms with E-state index in [-0.39, 0.29) is 12.5 Å². The largest absolute Gasteiger partial charge is 0.468 e. The van der Waals surface area contributed by atoms with E-state index in [1.165, 1.54) is 7.11 Å². The van der Waals surface area contributed by atoms with Crippen LogP contribution in [0, 0.1) is 6.92 Å². The summed E-state index contributed by atoms with van der Waals surface area (Å²) in [5.74, 6) is -0.225. The molecule has 0 spiro atoms. The Kier molecular flexibility index (Phi) is 6.03. The van der Waals surface area contributed by atoms with Gasteiger partial charge in [-0.15, -0.1) is 0 Å². The fourth-order valence-corrected chi connectivity index (χ4v) is 2.48. The van der Waals surface area contributed by atoms with Crippen molar-refractivity contribution in [1.82, 2.24) is 0 Å². The van der Waals surface area contributed by atoms with E-state index in [9.17, 15) is 4.79 Å². The zero-order chi connectivity index (χ0) is 14.3. The van der Waals surface area contributed by atoms with Gasteiger partial charge in [0.1, 0.15) is 5.41 Å². The Morgan fingerprint density at radius 2 is 2.11 bits per heavy atom. The summed E-state index contributed by atoms with van der Waals surface area (Å²) < 4.78 is 5.01.